The van der Waals surface area contributed by atoms with Crippen molar-refractivity contribution in [2.75, 3.05) is 13.7 Å². The molecule has 3 nitrogen and oxygen atoms in total. The Bertz CT molecular complexity index is 355. The van der Waals surface area contributed by atoms with Crippen molar-refractivity contribution < 1.29 is 9.47 Å². The number of rotatable bonds is 3. The molecule has 1 saturated heterocycles. The number of benzene rings is 1. The number of nitrogens with two attached hydrogens (primary N) is 1. The van der Waals surface area contributed by atoms with Gasteiger partial charge in [0.05, 0.1) is 18.8 Å². The lowest BCUT2D eigenvalue weighted by atomic mass is 9.85. The minimum absolute atomic E-state index is 0.0753. The highest BCUT2D eigenvalue weighted by Gasteiger charge is 2.35. The smallest absolute Gasteiger partial charge is 0.118 e. The van der Waals surface area contributed by atoms with E-state index in [1.54, 1.807) is 7.11 Å². The van der Waals surface area contributed by atoms with Gasteiger partial charge in [0.2, 0.25) is 0 Å². The largest absolute Gasteiger partial charge is 0.497 e. The quantitative estimate of drug-likeness (QED) is 0.876. The minimum Gasteiger partial charge on any atom is -0.497 e. The van der Waals surface area contributed by atoms with E-state index in [1.165, 1.54) is 6.42 Å². The van der Waals surface area contributed by atoms with Gasteiger partial charge in [0.1, 0.15) is 5.75 Å². The Labute approximate surface area is 103 Å². The van der Waals surface area contributed by atoms with Crippen molar-refractivity contribution in [3.05, 3.63) is 29.8 Å². The number of methoxy groups -OCH3 is 1. The van der Waals surface area contributed by atoms with Crippen LogP contribution >= 0.6 is 0 Å². The maximum absolute atomic E-state index is 6.33. The molecule has 94 valence electrons. The molecule has 1 aromatic carbocycles. The Morgan fingerprint density at radius 2 is 2.00 bits per heavy atom. The summed E-state index contributed by atoms with van der Waals surface area (Å²) in [6, 6.07) is 7.86. The zero-order chi connectivity index (χ0) is 12.3. The lowest BCUT2D eigenvalue weighted by Gasteiger charge is -2.39. The van der Waals surface area contributed by atoms with Crippen LogP contribution in [0.4, 0.5) is 0 Å². The molecule has 17 heavy (non-hydrogen) atoms. The van der Waals surface area contributed by atoms with Gasteiger partial charge in [0.15, 0.2) is 0 Å². The maximum Gasteiger partial charge on any atom is 0.118 e. The van der Waals surface area contributed by atoms with E-state index >= 15 is 0 Å². The summed E-state index contributed by atoms with van der Waals surface area (Å²) in [5, 5.41) is 0. The Morgan fingerprint density at radius 3 is 2.53 bits per heavy atom. The van der Waals surface area contributed by atoms with Gasteiger partial charge < -0.3 is 15.2 Å². The van der Waals surface area contributed by atoms with Gasteiger partial charge in [-0.2, -0.15) is 0 Å². The molecule has 0 radical (unpaired) electrons. The van der Waals surface area contributed by atoms with E-state index in [0.29, 0.717) is 0 Å². The third-order valence-corrected chi connectivity index (χ3v) is 3.63. The third-order valence-electron chi connectivity index (χ3n) is 3.63. The molecule has 2 rings (SSSR count). The lowest BCUT2D eigenvalue weighted by Crippen LogP contribution is -2.43. The van der Waals surface area contributed by atoms with Gasteiger partial charge in [-0.1, -0.05) is 12.1 Å². The van der Waals surface area contributed by atoms with Gasteiger partial charge in [-0.15, -0.1) is 0 Å². The fourth-order valence-electron chi connectivity index (χ4n) is 2.36. The van der Waals surface area contributed by atoms with Crippen molar-refractivity contribution in [1.82, 2.24) is 0 Å². The van der Waals surface area contributed by atoms with Crippen molar-refractivity contribution in [1.29, 1.82) is 0 Å². The molecule has 0 aliphatic carbocycles. The van der Waals surface area contributed by atoms with E-state index in [4.69, 9.17) is 15.2 Å². The normalized spacial score (nSPS) is 26.5. The van der Waals surface area contributed by atoms with Crippen LogP contribution in [0.1, 0.15) is 37.8 Å². The summed E-state index contributed by atoms with van der Waals surface area (Å²) in [6.07, 6.45) is 3.37. The average molecular weight is 235 g/mol. The Kier molecular flexibility index (Phi) is 3.69. The predicted octanol–water partition coefficient (Wildman–Crippen LogP) is 2.65. The van der Waals surface area contributed by atoms with Crippen LogP contribution in [0.5, 0.6) is 5.75 Å². The highest BCUT2D eigenvalue weighted by Crippen LogP contribution is 2.35. The second-order valence-electron chi connectivity index (χ2n) is 4.87. The van der Waals surface area contributed by atoms with Crippen LogP contribution in [0.15, 0.2) is 24.3 Å². The van der Waals surface area contributed by atoms with E-state index in [0.717, 1.165) is 30.8 Å². The van der Waals surface area contributed by atoms with Crippen molar-refractivity contribution in [3.63, 3.8) is 0 Å². The van der Waals surface area contributed by atoms with Crippen LogP contribution in [0.2, 0.25) is 0 Å². The van der Waals surface area contributed by atoms with E-state index in [-0.39, 0.29) is 11.6 Å². The van der Waals surface area contributed by atoms with Gasteiger partial charge in [0.25, 0.3) is 0 Å². The average Bonchev–Trinajstić information content (AvgIpc) is 2.39. The molecular weight excluding hydrogens is 214 g/mol. The van der Waals surface area contributed by atoms with Crippen molar-refractivity contribution >= 4 is 0 Å². The van der Waals surface area contributed by atoms with Gasteiger partial charge in [0, 0.05) is 6.61 Å². The summed E-state index contributed by atoms with van der Waals surface area (Å²) >= 11 is 0. The number of hydrogen-bond acceptors (Lipinski definition) is 3. The molecular formula is C14H21NO2. The molecule has 0 aromatic heterocycles. The molecule has 0 bridgehead atoms. The number of ether oxygens (including phenoxy) is 2. The van der Waals surface area contributed by atoms with Gasteiger partial charge in [-0.05, 0) is 43.9 Å². The summed E-state index contributed by atoms with van der Waals surface area (Å²) in [5.74, 6) is 0.857. The molecule has 0 saturated carbocycles. The molecule has 2 unspecified atom stereocenters. The van der Waals surface area contributed by atoms with Crippen molar-refractivity contribution in [3.8, 4) is 5.75 Å². The molecule has 1 aromatic rings. The summed E-state index contributed by atoms with van der Waals surface area (Å²) < 4.78 is 11.0. The fraction of sp³-hybridized carbons (Fsp3) is 0.571. The molecule has 1 fully saturated rings. The van der Waals surface area contributed by atoms with Crippen LogP contribution < -0.4 is 10.5 Å². The van der Waals surface area contributed by atoms with E-state index in [9.17, 15) is 0 Å². The van der Waals surface area contributed by atoms with Crippen LogP contribution in [0.25, 0.3) is 0 Å². The zero-order valence-corrected chi connectivity index (χ0v) is 10.6. The molecule has 1 heterocycles. The van der Waals surface area contributed by atoms with E-state index < -0.39 is 0 Å². The molecule has 1 aliphatic heterocycles. The topological polar surface area (TPSA) is 44.5 Å². The van der Waals surface area contributed by atoms with Crippen molar-refractivity contribution in [2.24, 2.45) is 5.73 Å². The second kappa shape index (κ2) is 5.07. The molecule has 0 spiro atoms. The first-order valence-electron chi connectivity index (χ1n) is 6.19. The van der Waals surface area contributed by atoms with Crippen LogP contribution in [0.3, 0.4) is 0 Å². The molecule has 2 N–H and O–H groups in total. The lowest BCUT2D eigenvalue weighted by molar-refractivity contribution is -0.0820. The number of hydrogen-bond donors (Lipinski definition) is 1. The first-order chi connectivity index (χ1) is 8.15. The molecule has 3 heteroatoms. The minimum atomic E-state index is -0.229. The van der Waals surface area contributed by atoms with Crippen LogP contribution in [-0.2, 0) is 4.74 Å². The third kappa shape index (κ3) is 2.61. The summed E-state index contributed by atoms with van der Waals surface area (Å²) in [6.45, 7) is 2.93. The van der Waals surface area contributed by atoms with Gasteiger partial charge in [-0.25, -0.2) is 0 Å². The van der Waals surface area contributed by atoms with Gasteiger partial charge in [-0.3, -0.25) is 0 Å². The SMILES string of the molecule is COc1ccc(C(N)C2(C)CCCCO2)cc1. The summed E-state index contributed by atoms with van der Waals surface area (Å²) in [7, 11) is 1.67. The molecule has 1 aliphatic rings. The fourth-order valence-corrected chi connectivity index (χ4v) is 2.36. The Balaban J connectivity index is 2.14. The van der Waals surface area contributed by atoms with Gasteiger partial charge >= 0.3 is 0 Å². The summed E-state index contributed by atoms with van der Waals surface area (Å²) in [5.41, 5.74) is 7.21. The standard InChI is InChI=1S/C14H21NO2/c1-14(9-3-4-10-17-14)13(15)11-5-7-12(16-2)8-6-11/h5-8,13H,3-4,9-10,15H2,1-2H3. The Hall–Kier alpha value is -1.06. The van der Waals surface area contributed by atoms with E-state index in [2.05, 4.69) is 6.92 Å². The van der Waals surface area contributed by atoms with Crippen LogP contribution in [0, 0.1) is 0 Å². The molecule has 2 atom stereocenters. The summed E-state index contributed by atoms with van der Waals surface area (Å²) in [4.78, 5) is 0. The van der Waals surface area contributed by atoms with E-state index in [1.807, 2.05) is 24.3 Å². The van der Waals surface area contributed by atoms with Crippen LogP contribution in [-0.4, -0.2) is 19.3 Å². The first-order valence-corrected chi connectivity index (χ1v) is 6.19. The first kappa shape index (κ1) is 12.4. The molecule has 0 amide bonds. The highest BCUT2D eigenvalue weighted by atomic mass is 16.5. The predicted molar refractivity (Wildman–Crippen MR) is 68.1 cm³/mol. The van der Waals surface area contributed by atoms with Crippen molar-refractivity contribution in [2.45, 2.75) is 37.8 Å². The second-order valence-corrected chi connectivity index (χ2v) is 4.87. The monoisotopic (exact) mass is 235 g/mol. The zero-order valence-electron chi connectivity index (χ0n) is 10.6. The maximum atomic E-state index is 6.33. The Morgan fingerprint density at radius 1 is 1.29 bits per heavy atom. The highest BCUT2D eigenvalue weighted by molar-refractivity contribution is 5.30.